The third-order valence-corrected chi connectivity index (χ3v) is 2.86. The number of amides is 1. The Labute approximate surface area is 98.7 Å². The zero-order valence-corrected chi connectivity index (χ0v) is 9.87. The molecule has 0 bridgehead atoms. The first-order valence-corrected chi connectivity index (χ1v) is 5.28. The number of carbonyl (C=O) groups is 1. The summed E-state index contributed by atoms with van der Waals surface area (Å²) in [6, 6.07) is 3.55. The van der Waals surface area contributed by atoms with Crippen LogP contribution in [0.25, 0.3) is 0 Å². The van der Waals surface area contributed by atoms with E-state index < -0.39 is 0 Å². The van der Waals surface area contributed by atoms with E-state index in [9.17, 15) is 4.79 Å². The molecule has 0 aliphatic carbocycles. The summed E-state index contributed by atoms with van der Waals surface area (Å²) >= 11 is 6.11. The van der Waals surface area contributed by atoms with E-state index in [1.807, 2.05) is 6.07 Å². The lowest BCUT2D eigenvalue weighted by atomic mass is 10.0. The molecule has 0 radical (unpaired) electrons. The molecule has 86 valence electrons. The lowest BCUT2D eigenvalue weighted by Gasteiger charge is -2.28. The maximum absolute atomic E-state index is 11.6. The molecule has 0 saturated carbocycles. The van der Waals surface area contributed by atoms with Crippen LogP contribution in [0.3, 0.4) is 0 Å². The minimum Gasteiger partial charge on any atom is -0.497 e. The lowest BCUT2D eigenvalue weighted by molar-refractivity contribution is -0.125. The van der Waals surface area contributed by atoms with Gasteiger partial charge in [0.2, 0.25) is 0 Å². The molecule has 0 fully saturated rings. The van der Waals surface area contributed by atoms with E-state index in [0.717, 1.165) is 5.56 Å². The zero-order chi connectivity index (χ0) is 11.7. The number of methoxy groups -OCH3 is 1. The molecule has 1 aromatic carbocycles. The lowest BCUT2D eigenvalue weighted by Crippen LogP contribution is -2.34. The highest BCUT2D eigenvalue weighted by atomic mass is 35.5. The third-order valence-electron chi connectivity index (χ3n) is 2.57. The highest BCUT2D eigenvalue weighted by molar-refractivity contribution is 6.34. The molecule has 4 nitrogen and oxygen atoms in total. The van der Waals surface area contributed by atoms with Crippen LogP contribution in [0.1, 0.15) is 12.0 Å². The normalized spacial score (nSPS) is 14.9. The van der Waals surface area contributed by atoms with Gasteiger partial charge in [-0.3, -0.25) is 9.63 Å². The van der Waals surface area contributed by atoms with Gasteiger partial charge >= 0.3 is 0 Å². The van der Waals surface area contributed by atoms with Crippen LogP contribution in [0.15, 0.2) is 12.1 Å². The van der Waals surface area contributed by atoms with Gasteiger partial charge in [-0.1, -0.05) is 11.6 Å². The Bertz CT molecular complexity index is 433. The summed E-state index contributed by atoms with van der Waals surface area (Å²) in [6.07, 6.45) is 1.08. The van der Waals surface area contributed by atoms with Gasteiger partial charge in [-0.15, -0.1) is 0 Å². The van der Waals surface area contributed by atoms with Crippen molar-refractivity contribution in [2.45, 2.75) is 12.8 Å². The summed E-state index contributed by atoms with van der Waals surface area (Å²) in [6.45, 7) is 0. The van der Waals surface area contributed by atoms with Crippen molar-refractivity contribution in [1.82, 2.24) is 0 Å². The Balaban J connectivity index is 2.54. The first-order chi connectivity index (χ1) is 7.67. The number of hydrogen-bond acceptors (Lipinski definition) is 3. The Morgan fingerprint density at radius 2 is 2.06 bits per heavy atom. The van der Waals surface area contributed by atoms with Crippen molar-refractivity contribution >= 4 is 23.2 Å². The van der Waals surface area contributed by atoms with Crippen molar-refractivity contribution in [2.24, 2.45) is 0 Å². The zero-order valence-electron chi connectivity index (χ0n) is 9.12. The van der Waals surface area contributed by atoms with E-state index in [1.165, 1.54) is 12.2 Å². The second-order valence-electron chi connectivity index (χ2n) is 3.49. The Morgan fingerprint density at radius 1 is 1.31 bits per heavy atom. The predicted octanol–water partition coefficient (Wildman–Crippen LogP) is 2.19. The van der Waals surface area contributed by atoms with E-state index in [-0.39, 0.29) is 5.91 Å². The Hall–Kier alpha value is -1.26. The minimum atomic E-state index is -0.0814. The van der Waals surface area contributed by atoms with Crippen molar-refractivity contribution in [2.75, 3.05) is 19.3 Å². The Morgan fingerprint density at radius 3 is 2.69 bits per heavy atom. The summed E-state index contributed by atoms with van der Waals surface area (Å²) in [7, 11) is 3.04. The molecule has 1 aliphatic rings. The van der Waals surface area contributed by atoms with Crippen LogP contribution in [0.2, 0.25) is 5.02 Å². The highest BCUT2D eigenvalue weighted by Gasteiger charge is 2.27. The Kier molecular flexibility index (Phi) is 3.03. The summed E-state index contributed by atoms with van der Waals surface area (Å²) in [5, 5.41) is 1.70. The van der Waals surface area contributed by atoms with Gasteiger partial charge in [0.1, 0.15) is 5.75 Å². The summed E-state index contributed by atoms with van der Waals surface area (Å²) < 4.78 is 5.13. The molecular weight excluding hydrogens is 230 g/mol. The van der Waals surface area contributed by atoms with Crippen molar-refractivity contribution < 1.29 is 14.4 Å². The number of halogens is 1. The quantitative estimate of drug-likeness (QED) is 0.797. The van der Waals surface area contributed by atoms with Gasteiger partial charge in [0.15, 0.2) is 0 Å². The number of ether oxygens (including phenoxy) is 1. The average Bonchev–Trinajstić information content (AvgIpc) is 2.29. The van der Waals surface area contributed by atoms with Crippen LogP contribution in [-0.2, 0) is 16.1 Å². The molecule has 0 atom stereocenters. The van der Waals surface area contributed by atoms with Crippen LogP contribution < -0.4 is 9.80 Å². The maximum Gasteiger partial charge on any atom is 0.251 e. The van der Waals surface area contributed by atoms with Gasteiger partial charge in [0.25, 0.3) is 5.91 Å². The van der Waals surface area contributed by atoms with E-state index in [0.29, 0.717) is 29.3 Å². The van der Waals surface area contributed by atoms with E-state index >= 15 is 0 Å². The van der Waals surface area contributed by atoms with Gasteiger partial charge in [0.05, 0.1) is 24.9 Å². The number of benzene rings is 1. The van der Waals surface area contributed by atoms with E-state index in [4.69, 9.17) is 21.2 Å². The number of fused-ring (bicyclic) bond motifs is 1. The van der Waals surface area contributed by atoms with E-state index in [1.54, 1.807) is 13.2 Å². The number of rotatable bonds is 2. The van der Waals surface area contributed by atoms with Crippen molar-refractivity contribution in [3.05, 3.63) is 22.7 Å². The molecule has 1 heterocycles. The third kappa shape index (κ3) is 1.74. The SMILES string of the molecule is COc1cc(Cl)c2c(c1)CCC(=O)N2OC. The fourth-order valence-electron chi connectivity index (χ4n) is 1.83. The molecule has 0 unspecified atom stereocenters. The largest absolute Gasteiger partial charge is 0.497 e. The van der Waals surface area contributed by atoms with Gasteiger partial charge < -0.3 is 4.74 Å². The van der Waals surface area contributed by atoms with Crippen LogP contribution >= 0.6 is 11.6 Å². The number of hydroxylamine groups is 1. The van der Waals surface area contributed by atoms with Gasteiger partial charge in [-0.05, 0) is 18.1 Å². The minimum absolute atomic E-state index is 0.0814. The number of anilines is 1. The van der Waals surface area contributed by atoms with Gasteiger partial charge in [0, 0.05) is 12.5 Å². The number of aryl methyl sites for hydroxylation is 1. The van der Waals surface area contributed by atoms with Crippen LogP contribution in [0.5, 0.6) is 5.75 Å². The number of hydrogen-bond donors (Lipinski definition) is 0. The number of nitrogens with zero attached hydrogens (tertiary/aromatic N) is 1. The first-order valence-electron chi connectivity index (χ1n) is 4.91. The van der Waals surface area contributed by atoms with Crippen molar-refractivity contribution in [3.63, 3.8) is 0 Å². The molecule has 0 spiro atoms. The molecule has 0 saturated heterocycles. The molecule has 0 aromatic heterocycles. The molecule has 5 heteroatoms. The molecule has 1 amide bonds. The van der Waals surface area contributed by atoms with Crippen LogP contribution in [0.4, 0.5) is 5.69 Å². The van der Waals surface area contributed by atoms with Gasteiger partial charge in [-0.2, -0.15) is 5.06 Å². The van der Waals surface area contributed by atoms with Crippen LogP contribution in [-0.4, -0.2) is 20.1 Å². The first kappa shape index (κ1) is 11.2. The topological polar surface area (TPSA) is 38.8 Å². The fraction of sp³-hybridized carbons (Fsp3) is 0.364. The predicted molar refractivity (Wildman–Crippen MR) is 60.8 cm³/mol. The maximum atomic E-state index is 11.6. The standard InChI is InChI=1S/C11H12ClNO3/c1-15-8-5-7-3-4-10(14)13(16-2)11(7)9(12)6-8/h5-6H,3-4H2,1-2H3. The van der Waals surface area contributed by atoms with Crippen molar-refractivity contribution in [1.29, 1.82) is 0 Å². The molecule has 16 heavy (non-hydrogen) atoms. The van der Waals surface area contributed by atoms with Gasteiger partial charge in [-0.25, -0.2) is 0 Å². The summed E-state index contributed by atoms with van der Waals surface area (Å²) in [5.41, 5.74) is 1.59. The average molecular weight is 242 g/mol. The molecule has 1 aliphatic heterocycles. The monoisotopic (exact) mass is 241 g/mol. The van der Waals surface area contributed by atoms with Crippen LogP contribution in [0, 0.1) is 0 Å². The fourth-order valence-corrected chi connectivity index (χ4v) is 2.13. The molecule has 0 N–H and O–H groups in total. The second kappa shape index (κ2) is 4.31. The summed E-state index contributed by atoms with van der Waals surface area (Å²) in [4.78, 5) is 16.6. The number of carbonyl (C=O) groups excluding carboxylic acids is 1. The summed E-state index contributed by atoms with van der Waals surface area (Å²) in [5.74, 6) is 0.608. The molecule has 1 aromatic rings. The molecular formula is C11H12ClNO3. The second-order valence-corrected chi connectivity index (χ2v) is 3.89. The van der Waals surface area contributed by atoms with E-state index in [2.05, 4.69) is 0 Å². The molecule has 2 rings (SSSR count). The van der Waals surface area contributed by atoms with Crippen molar-refractivity contribution in [3.8, 4) is 5.75 Å². The smallest absolute Gasteiger partial charge is 0.251 e. The highest BCUT2D eigenvalue weighted by Crippen LogP contribution is 2.37.